The van der Waals surface area contributed by atoms with E-state index in [-0.39, 0.29) is 0 Å². The molecule has 0 atom stereocenters. The SMILES string of the molecule is N#Cc1cccc2c1[nH]c(=S)n2CCc1ccco1. The van der Waals surface area contributed by atoms with Gasteiger partial charge in [0.1, 0.15) is 11.8 Å². The number of nitriles is 1. The van der Waals surface area contributed by atoms with Crippen molar-refractivity contribution >= 4 is 23.3 Å². The van der Waals surface area contributed by atoms with Crippen molar-refractivity contribution in [3.8, 4) is 6.07 Å². The average Bonchev–Trinajstić information content (AvgIpc) is 3.03. The summed E-state index contributed by atoms with van der Waals surface area (Å²) in [5.41, 5.74) is 2.37. The fourth-order valence-corrected chi connectivity index (χ4v) is 2.46. The van der Waals surface area contributed by atoms with Crippen LogP contribution in [-0.4, -0.2) is 9.55 Å². The Morgan fingerprint density at radius 1 is 1.32 bits per heavy atom. The number of aryl methyl sites for hydroxylation is 2. The zero-order valence-corrected chi connectivity index (χ0v) is 10.9. The molecule has 0 saturated carbocycles. The maximum absolute atomic E-state index is 9.09. The third-order valence-corrected chi connectivity index (χ3v) is 3.42. The molecule has 0 aliphatic heterocycles. The van der Waals surface area contributed by atoms with Crippen molar-refractivity contribution in [2.24, 2.45) is 0 Å². The molecule has 4 nitrogen and oxygen atoms in total. The van der Waals surface area contributed by atoms with Crippen LogP contribution in [0.1, 0.15) is 11.3 Å². The van der Waals surface area contributed by atoms with Gasteiger partial charge in [-0.3, -0.25) is 0 Å². The maximum Gasteiger partial charge on any atom is 0.178 e. The van der Waals surface area contributed by atoms with Gasteiger partial charge in [0.2, 0.25) is 0 Å². The van der Waals surface area contributed by atoms with Gasteiger partial charge in [-0.05, 0) is 36.5 Å². The molecule has 0 amide bonds. The zero-order chi connectivity index (χ0) is 13.2. The van der Waals surface area contributed by atoms with Crippen LogP contribution >= 0.6 is 12.2 Å². The van der Waals surface area contributed by atoms with Gasteiger partial charge in [0.15, 0.2) is 4.77 Å². The number of nitrogens with one attached hydrogen (secondary N) is 1. The molecule has 3 aromatic rings. The van der Waals surface area contributed by atoms with Gasteiger partial charge in [-0.2, -0.15) is 5.26 Å². The Labute approximate surface area is 114 Å². The Bertz CT molecular complexity index is 805. The highest BCUT2D eigenvalue weighted by Crippen LogP contribution is 2.18. The van der Waals surface area contributed by atoms with Crippen molar-refractivity contribution in [2.75, 3.05) is 0 Å². The van der Waals surface area contributed by atoms with Gasteiger partial charge < -0.3 is 14.0 Å². The number of H-pyrrole nitrogens is 1. The van der Waals surface area contributed by atoms with Crippen LogP contribution in [-0.2, 0) is 13.0 Å². The fraction of sp³-hybridized carbons (Fsp3) is 0.143. The summed E-state index contributed by atoms with van der Waals surface area (Å²) in [5.74, 6) is 0.924. The lowest BCUT2D eigenvalue weighted by molar-refractivity contribution is 0.492. The smallest absolute Gasteiger partial charge is 0.178 e. The number of aromatic amines is 1. The summed E-state index contributed by atoms with van der Waals surface area (Å²) in [7, 11) is 0. The molecule has 1 N–H and O–H groups in total. The van der Waals surface area contributed by atoms with E-state index in [0.717, 1.165) is 29.8 Å². The second kappa shape index (κ2) is 4.75. The van der Waals surface area contributed by atoms with Crippen LogP contribution in [0.25, 0.3) is 11.0 Å². The number of hydrogen-bond acceptors (Lipinski definition) is 3. The zero-order valence-electron chi connectivity index (χ0n) is 10.1. The van der Waals surface area contributed by atoms with E-state index in [1.165, 1.54) is 0 Å². The molecule has 0 saturated heterocycles. The van der Waals surface area contributed by atoms with Crippen LogP contribution < -0.4 is 0 Å². The maximum atomic E-state index is 9.09. The first kappa shape index (κ1) is 11.8. The van der Waals surface area contributed by atoms with Gasteiger partial charge in [-0.25, -0.2) is 0 Å². The lowest BCUT2D eigenvalue weighted by Gasteiger charge is -2.02. The molecule has 0 unspecified atom stereocenters. The van der Waals surface area contributed by atoms with E-state index in [1.807, 2.05) is 28.8 Å². The molecule has 0 bridgehead atoms. The van der Waals surface area contributed by atoms with Gasteiger partial charge in [0.25, 0.3) is 0 Å². The number of rotatable bonds is 3. The number of benzene rings is 1. The highest BCUT2D eigenvalue weighted by molar-refractivity contribution is 7.71. The molecule has 19 heavy (non-hydrogen) atoms. The van der Waals surface area contributed by atoms with Crippen LogP contribution in [0.5, 0.6) is 0 Å². The second-order valence-electron chi connectivity index (χ2n) is 4.22. The molecule has 3 rings (SSSR count). The number of nitrogens with zero attached hydrogens (tertiary/aromatic N) is 2. The van der Waals surface area contributed by atoms with Crippen LogP contribution in [0.3, 0.4) is 0 Å². The number of aromatic nitrogens is 2. The third kappa shape index (κ3) is 2.07. The lowest BCUT2D eigenvalue weighted by Crippen LogP contribution is -2.00. The minimum atomic E-state index is 0.611. The predicted octanol–water partition coefficient (Wildman–Crippen LogP) is 3.41. The fourth-order valence-electron chi connectivity index (χ4n) is 2.17. The van der Waals surface area contributed by atoms with E-state index in [1.54, 1.807) is 12.3 Å². The first-order valence-electron chi connectivity index (χ1n) is 5.93. The van der Waals surface area contributed by atoms with E-state index >= 15 is 0 Å². The van der Waals surface area contributed by atoms with Crippen molar-refractivity contribution in [1.29, 1.82) is 5.26 Å². The largest absolute Gasteiger partial charge is 0.469 e. The number of imidazole rings is 1. The van der Waals surface area contributed by atoms with Crippen molar-refractivity contribution in [3.63, 3.8) is 0 Å². The van der Waals surface area contributed by atoms with Gasteiger partial charge >= 0.3 is 0 Å². The lowest BCUT2D eigenvalue weighted by atomic mass is 10.2. The molecule has 0 fully saturated rings. The number of para-hydroxylation sites is 1. The van der Waals surface area contributed by atoms with Crippen LogP contribution in [0.4, 0.5) is 0 Å². The minimum absolute atomic E-state index is 0.611. The van der Waals surface area contributed by atoms with Crippen molar-refractivity contribution in [3.05, 3.63) is 52.7 Å². The molecule has 0 aliphatic carbocycles. The Kier molecular flexibility index (Phi) is 2.94. The monoisotopic (exact) mass is 269 g/mol. The average molecular weight is 269 g/mol. The van der Waals surface area contributed by atoms with Gasteiger partial charge in [-0.1, -0.05) is 6.07 Å². The van der Waals surface area contributed by atoms with E-state index in [4.69, 9.17) is 21.9 Å². The van der Waals surface area contributed by atoms with Crippen LogP contribution in [0, 0.1) is 16.1 Å². The number of fused-ring (bicyclic) bond motifs is 1. The molecule has 5 heteroatoms. The first-order valence-corrected chi connectivity index (χ1v) is 6.34. The third-order valence-electron chi connectivity index (χ3n) is 3.09. The highest BCUT2D eigenvalue weighted by Gasteiger charge is 2.08. The quantitative estimate of drug-likeness (QED) is 0.741. The second-order valence-corrected chi connectivity index (χ2v) is 4.61. The summed E-state index contributed by atoms with van der Waals surface area (Å²) in [6, 6.07) is 11.6. The summed E-state index contributed by atoms with van der Waals surface area (Å²) in [6.45, 7) is 0.723. The molecular formula is C14H11N3OS. The van der Waals surface area contributed by atoms with Crippen molar-refractivity contribution in [1.82, 2.24) is 9.55 Å². The standard InChI is InChI=1S/C14H11N3OS/c15-9-10-3-1-5-12-13(10)16-14(19)17(12)7-6-11-4-2-8-18-11/h1-5,8H,6-7H2,(H,16,19). The van der Waals surface area contributed by atoms with Gasteiger partial charge in [0.05, 0.1) is 22.9 Å². The summed E-state index contributed by atoms with van der Waals surface area (Å²) in [6.07, 6.45) is 2.43. The minimum Gasteiger partial charge on any atom is -0.469 e. The van der Waals surface area contributed by atoms with E-state index < -0.39 is 0 Å². The topological polar surface area (TPSA) is 57.6 Å². The van der Waals surface area contributed by atoms with Crippen LogP contribution in [0.2, 0.25) is 0 Å². The normalized spacial score (nSPS) is 10.7. The first-order chi connectivity index (χ1) is 9.29. The molecule has 0 spiro atoms. The molecule has 0 radical (unpaired) electrons. The van der Waals surface area contributed by atoms with Gasteiger partial charge in [-0.15, -0.1) is 0 Å². The molecular weight excluding hydrogens is 258 g/mol. The Morgan fingerprint density at radius 3 is 2.95 bits per heavy atom. The highest BCUT2D eigenvalue weighted by atomic mass is 32.1. The Hall–Kier alpha value is -2.32. The molecule has 94 valence electrons. The number of furan rings is 1. The van der Waals surface area contributed by atoms with Crippen molar-refractivity contribution in [2.45, 2.75) is 13.0 Å². The summed E-state index contributed by atoms with van der Waals surface area (Å²) < 4.78 is 7.94. The Morgan fingerprint density at radius 2 is 2.21 bits per heavy atom. The summed E-state index contributed by atoms with van der Waals surface area (Å²) >= 11 is 5.32. The molecule has 1 aromatic carbocycles. The molecule has 2 aromatic heterocycles. The molecule has 0 aliphatic rings. The van der Waals surface area contributed by atoms with E-state index in [2.05, 4.69) is 11.1 Å². The summed E-state index contributed by atoms with van der Waals surface area (Å²) in [5, 5.41) is 9.09. The summed E-state index contributed by atoms with van der Waals surface area (Å²) in [4.78, 5) is 3.10. The Balaban J connectivity index is 2.02. The van der Waals surface area contributed by atoms with Crippen LogP contribution in [0.15, 0.2) is 41.0 Å². The number of hydrogen-bond donors (Lipinski definition) is 1. The predicted molar refractivity (Wildman–Crippen MR) is 74.2 cm³/mol. The molecule has 2 heterocycles. The van der Waals surface area contributed by atoms with Gasteiger partial charge in [0, 0.05) is 13.0 Å². The van der Waals surface area contributed by atoms with Crippen molar-refractivity contribution < 1.29 is 4.42 Å². The van der Waals surface area contributed by atoms with E-state index in [0.29, 0.717) is 10.3 Å². The van der Waals surface area contributed by atoms with E-state index in [9.17, 15) is 0 Å².